The minimum absolute atomic E-state index is 0.0545. The molecule has 0 aliphatic carbocycles. The van der Waals surface area contributed by atoms with Gasteiger partial charge in [-0.25, -0.2) is 18.4 Å². The summed E-state index contributed by atoms with van der Waals surface area (Å²) in [5.74, 6) is -2.99. The van der Waals surface area contributed by atoms with Crippen LogP contribution in [0.1, 0.15) is 26.0 Å². The van der Waals surface area contributed by atoms with Crippen molar-refractivity contribution in [1.29, 1.82) is 0 Å². The first-order valence-corrected chi connectivity index (χ1v) is 14.3. The molecular formula is C26H30F2N6O4S. The number of carbonyl (C=O) groups excluding carboxylic acids is 1. The number of hydrogen-bond acceptors (Lipinski definition) is 8. The minimum atomic E-state index is -4.66. The molecule has 39 heavy (non-hydrogen) atoms. The number of anilines is 1. The van der Waals surface area contributed by atoms with Crippen molar-refractivity contribution in [3.63, 3.8) is 0 Å². The molecule has 1 amide bonds. The summed E-state index contributed by atoms with van der Waals surface area (Å²) in [7, 11) is -4.66. The van der Waals surface area contributed by atoms with E-state index in [-0.39, 0.29) is 44.0 Å². The Kier molecular flexibility index (Phi) is 7.74. The summed E-state index contributed by atoms with van der Waals surface area (Å²) < 4.78 is 55.5. The second kappa shape index (κ2) is 11.1. The van der Waals surface area contributed by atoms with Crippen LogP contribution in [-0.2, 0) is 26.0 Å². The maximum absolute atomic E-state index is 12.8. The van der Waals surface area contributed by atoms with E-state index < -0.39 is 21.8 Å². The van der Waals surface area contributed by atoms with Crippen LogP contribution in [0.15, 0.2) is 42.6 Å². The van der Waals surface area contributed by atoms with Gasteiger partial charge >= 0.3 is 5.76 Å². The molecule has 0 saturated carbocycles. The van der Waals surface area contributed by atoms with Crippen molar-refractivity contribution in [3.8, 4) is 11.4 Å². The van der Waals surface area contributed by atoms with Gasteiger partial charge in [-0.2, -0.15) is 13.1 Å². The van der Waals surface area contributed by atoms with Crippen LogP contribution in [0.2, 0.25) is 0 Å². The summed E-state index contributed by atoms with van der Waals surface area (Å²) in [6, 6.07) is 10.8. The molecule has 3 atom stereocenters. The van der Waals surface area contributed by atoms with E-state index in [1.165, 1.54) is 0 Å². The Labute approximate surface area is 225 Å². The molecule has 0 radical (unpaired) electrons. The monoisotopic (exact) mass is 560 g/mol. The van der Waals surface area contributed by atoms with Crippen molar-refractivity contribution >= 4 is 32.7 Å². The van der Waals surface area contributed by atoms with Crippen LogP contribution < -0.4 is 10.2 Å². The number of aromatic nitrogens is 3. The van der Waals surface area contributed by atoms with Crippen LogP contribution >= 0.6 is 0 Å². The number of nitrogens with one attached hydrogen (secondary N) is 1. The fourth-order valence-corrected chi connectivity index (χ4v) is 6.01. The number of carbonyl (C=O) groups is 1. The quantitative estimate of drug-likeness (QED) is 0.469. The third-order valence-corrected chi connectivity index (χ3v) is 8.32. The molecule has 3 aromatic rings. The number of sulfonamides is 1. The number of pyridine rings is 3. The van der Waals surface area contributed by atoms with Crippen LogP contribution in [0.25, 0.3) is 22.3 Å². The van der Waals surface area contributed by atoms with E-state index in [9.17, 15) is 22.0 Å². The van der Waals surface area contributed by atoms with Crippen LogP contribution in [0.4, 0.5) is 14.6 Å². The fourth-order valence-electron chi connectivity index (χ4n) is 5.04. The van der Waals surface area contributed by atoms with Crippen molar-refractivity contribution in [2.45, 2.75) is 50.7 Å². The summed E-state index contributed by atoms with van der Waals surface area (Å²) >= 11 is 0. The zero-order valence-corrected chi connectivity index (χ0v) is 22.4. The lowest BCUT2D eigenvalue weighted by Crippen LogP contribution is -2.45. The van der Waals surface area contributed by atoms with Crippen molar-refractivity contribution < 1.29 is 26.7 Å². The van der Waals surface area contributed by atoms with E-state index in [0.717, 1.165) is 30.0 Å². The maximum atomic E-state index is 12.8. The molecule has 1 N–H and O–H groups in total. The molecule has 5 rings (SSSR count). The molecule has 2 aliphatic heterocycles. The first-order chi connectivity index (χ1) is 18.6. The molecule has 13 heteroatoms. The highest BCUT2D eigenvalue weighted by molar-refractivity contribution is 7.89. The highest BCUT2D eigenvalue weighted by Crippen LogP contribution is 2.24. The average Bonchev–Trinajstić information content (AvgIpc) is 3.37. The number of nitrogens with zero attached hydrogens (tertiary/aromatic N) is 5. The molecule has 5 heterocycles. The van der Waals surface area contributed by atoms with Crippen molar-refractivity contribution in [2.24, 2.45) is 0 Å². The zero-order valence-electron chi connectivity index (χ0n) is 21.6. The van der Waals surface area contributed by atoms with E-state index in [1.54, 1.807) is 12.3 Å². The fraction of sp³-hybridized carbons (Fsp3) is 0.462. The number of morpholine rings is 1. The van der Waals surface area contributed by atoms with Gasteiger partial charge in [0.1, 0.15) is 5.82 Å². The number of fused-ring (bicyclic) bond motifs is 1. The van der Waals surface area contributed by atoms with Crippen molar-refractivity contribution in [1.82, 2.24) is 24.6 Å². The molecule has 0 bridgehead atoms. The van der Waals surface area contributed by atoms with Gasteiger partial charge in [-0.05, 0) is 50.6 Å². The molecule has 0 aromatic carbocycles. The van der Waals surface area contributed by atoms with Crippen molar-refractivity contribution in [2.75, 3.05) is 31.1 Å². The number of ether oxygens (including phenoxy) is 1. The number of hydrogen-bond donors (Lipinski definition) is 1. The molecular weight excluding hydrogens is 530 g/mol. The minimum Gasteiger partial charge on any atom is -0.372 e. The summed E-state index contributed by atoms with van der Waals surface area (Å²) in [6.07, 6.45) is 2.07. The smallest absolute Gasteiger partial charge is 0.350 e. The molecule has 0 spiro atoms. The normalized spacial score (nSPS) is 22.5. The van der Waals surface area contributed by atoms with Gasteiger partial charge in [0.05, 0.1) is 41.2 Å². The second-order valence-electron chi connectivity index (χ2n) is 10.0. The Hall–Kier alpha value is -3.29. The van der Waals surface area contributed by atoms with Gasteiger partial charge in [-0.15, -0.1) is 0 Å². The van der Waals surface area contributed by atoms with Gasteiger partial charge < -0.3 is 15.0 Å². The molecule has 2 fully saturated rings. The van der Waals surface area contributed by atoms with Gasteiger partial charge in [0.15, 0.2) is 0 Å². The summed E-state index contributed by atoms with van der Waals surface area (Å²) in [5.41, 5.74) is 2.55. The lowest BCUT2D eigenvalue weighted by Gasteiger charge is -2.36. The first-order valence-electron chi connectivity index (χ1n) is 12.8. The van der Waals surface area contributed by atoms with E-state index in [4.69, 9.17) is 14.7 Å². The van der Waals surface area contributed by atoms with Crippen LogP contribution in [0, 0.1) is 0 Å². The number of rotatable bonds is 7. The largest absolute Gasteiger partial charge is 0.372 e. The topological polar surface area (TPSA) is 118 Å². The molecule has 10 nitrogen and oxygen atoms in total. The Morgan fingerprint density at radius 2 is 1.85 bits per heavy atom. The van der Waals surface area contributed by atoms with E-state index in [1.807, 2.05) is 44.2 Å². The highest BCUT2D eigenvalue weighted by atomic mass is 32.2. The number of amides is 1. The highest BCUT2D eigenvalue weighted by Gasteiger charge is 2.37. The van der Waals surface area contributed by atoms with Gasteiger partial charge in [-0.1, -0.05) is 6.07 Å². The van der Waals surface area contributed by atoms with E-state index in [0.29, 0.717) is 21.2 Å². The zero-order chi connectivity index (χ0) is 27.7. The molecule has 3 aromatic heterocycles. The lowest BCUT2D eigenvalue weighted by molar-refractivity contribution is -0.121. The molecule has 2 saturated heterocycles. The van der Waals surface area contributed by atoms with Gasteiger partial charge in [0, 0.05) is 43.8 Å². The summed E-state index contributed by atoms with van der Waals surface area (Å²) in [6.45, 7) is 5.36. The lowest BCUT2D eigenvalue weighted by atomic mass is 10.1. The van der Waals surface area contributed by atoms with Crippen LogP contribution in [-0.4, -0.2) is 83.8 Å². The molecule has 0 unspecified atom stereocenters. The summed E-state index contributed by atoms with van der Waals surface area (Å²) in [5, 5.41) is 3.53. The van der Waals surface area contributed by atoms with E-state index >= 15 is 0 Å². The molecule has 2 aliphatic rings. The predicted octanol–water partition coefficient (Wildman–Crippen LogP) is 2.59. The summed E-state index contributed by atoms with van der Waals surface area (Å²) in [4.78, 5) is 28.8. The average molecular weight is 561 g/mol. The Balaban J connectivity index is 1.28. The third kappa shape index (κ3) is 6.15. The van der Waals surface area contributed by atoms with Gasteiger partial charge in [0.25, 0.3) is 10.0 Å². The Bertz CT molecular complexity index is 1460. The van der Waals surface area contributed by atoms with Gasteiger partial charge in [0.2, 0.25) is 5.91 Å². The van der Waals surface area contributed by atoms with Gasteiger partial charge in [-0.3, -0.25) is 9.78 Å². The standard InChI is InChI=1S/C26H30F2N6O4S/c1-16-13-33(14-17(2)38-16)24-5-3-4-21(32-24)22-7-6-18-12-29-20(10-23(18)31-22)11-25(35)30-19-8-9-34(15-19)39(36,37)26(27)28/h3-7,10,12,16-17,19,26H,8-9,11,13-15H2,1-2H3,(H,30,35)/t16-,17+,19-/m1/s1. The van der Waals surface area contributed by atoms with Crippen molar-refractivity contribution in [3.05, 3.63) is 48.3 Å². The predicted molar refractivity (Wildman–Crippen MR) is 142 cm³/mol. The Morgan fingerprint density at radius 1 is 1.10 bits per heavy atom. The number of alkyl halides is 2. The van der Waals surface area contributed by atoms with E-state index in [2.05, 4.69) is 15.2 Å². The SMILES string of the molecule is C[C@@H]1CN(c2cccc(-c3ccc4cnc(CC(=O)N[C@@H]5CCN(S(=O)(=O)C(F)F)C5)cc4n3)n2)C[C@H](C)O1. The van der Waals surface area contributed by atoms with Crippen LogP contribution in [0.5, 0.6) is 0 Å². The third-order valence-electron chi connectivity index (χ3n) is 6.81. The second-order valence-corrected chi connectivity index (χ2v) is 11.9. The maximum Gasteiger partial charge on any atom is 0.350 e. The first kappa shape index (κ1) is 27.3. The number of halogens is 2. The Morgan fingerprint density at radius 3 is 2.59 bits per heavy atom. The van der Waals surface area contributed by atoms with Crippen LogP contribution in [0.3, 0.4) is 0 Å². The molecule has 208 valence electrons.